The van der Waals surface area contributed by atoms with Gasteiger partial charge in [-0.15, -0.1) is 11.3 Å². The molecule has 2 unspecified atom stereocenters. The third kappa shape index (κ3) is 7.68. The Morgan fingerprint density at radius 2 is 2.15 bits per heavy atom. The molecule has 1 amide bonds. The highest BCUT2D eigenvalue weighted by Gasteiger charge is 2.19. The number of thiazole rings is 1. The summed E-state index contributed by atoms with van der Waals surface area (Å²) in [6.07, 6.45) is 6.14. The lowest BCUT2D eigenvalue weighted by Crippen LogP contribution is -2.37. The number of rotatable bonds is 12. The van der Waals surface area contributed by atoms with E-state index >= 15 is 0 Å². The number of carbonyl (C=O) groups excluding carboxylic acids is 1. The molecule has 0 saturated carbocycles. The summed E-state index contributed by atoms with van der Waals surface area (Å²) < 4.78 is 22.0. The molecule has 9 heteroatoms. The van der Waals surface area contributed by atoms with E-state index in [0.29, 0.717) is 11.3 Å². The second kappa shape index (κ2) is 13.3. The molecular weight excluding hydrogens is 456 g/mol. The minimum atomic E-state index is -2.04. The summed E-state index contributed by atoms with van der Waals surface area (Å²) >= 11 is -0.522. The number of unbranched alkanes of at least 4 members (excludes halogenated alkanes) is 1. The highest BCUT2D eigenvalue weighted by molar-refractivity contribution is 7.79. The number of aromatic nitrogens is 1. The van der Waals surface area contributed by atoms with E-state index in [1.165, 1.54) is 11.3 Å². The fourth-order valence-electron chi connectivity index (χ4n) is 4.34. The maximum Gasteiger partial charge on any atom is 0.223 e. The SMILES string of the molecule is CCCN(CCCCN1CCNCCC1=O)C(C)Cc1ccc(-c2nccs2)cc1S(=O)O. The molecule has 0 bridgehead atoms. The van der Waals surface area contributed by atoms with Crippen LogP contribution in [0.1, 0.15) is 45.1 Å². The van der Waals surface area contributed by atoms with Crippen molar-refractivity contribution in [3.05, 3.63) is 35.3 Å². The maximum atomic E-state index is 12.2. The van der Waals surface area contributed by atoms with Crippen LogP contribution in [-0.4, -0.2) is 74.8 Å². The van der Waals surface area contributed by atoms with Gasteiger partial charge in [-0.1, -0.05) is 19.1 Å². The first-order valence-electron chi connectivity index (χ1n) is 11.9. The lowest BCUT2D eigenvalue weighted by molar-refractivity contribution is -0.130. The Kier molecular flexibility index (Phi) is 10.5. The number of nitrogens with zero attached hydrogens (tertiary/aromatic N) is 3. The molecule has 1 aromatic carbocycles. The lowest BCUT2D eigenvalue weighted by atomic mass is 10.0. The predicted octanol–water partition coefficient (Wildman–Crippen LogP) is 3.64. The standard InChI is InChI=1S/C24H36N4O3S2/c1-3-12-27(13-4-5-14-28-15-10-25-9-8-23(28)29)19(2)17-20-6-7-21(18-22(20)33(30)31)24-26-11-16-32-24/h6-7,11,16,18-19,25H,3-5,8-10,12-15,17H2,1-2H3,(H,30,31). The van der Waals surface area contributed by atoms with E-state index in [2.05, 4.69) is 29.0 Å². The molecule has 1 fully saturated rings. The van der Waals surface area contributed by atoms with Gasteiger partial charge >= 0.3 is 0 Å². The fraction of sp³-hybridized carbons (Fsp3) is 0.583. The molecule has 0 spiro atoms. The monoisotopic (exact) mass is 492 g/mol. The molecule has 7 nitrogen and oxygen atoms in total. The van der Waals surface area contributed by atoms with Crippen molar-refractivity contribution in [1.29, 1.82) is 0 Å². The third-order valence-corrected chi connectivity index (χ3v) is 7.71. The number of nitrogens with one attached hydrogen (secondary N) is 1. The molecule has 182 valence electrons. The first-order valence-corrected chi connectivity index (χ1v) is 13.8. The Morgan fingerprint density at radius 1 is 1.30 bits per heavy atom. The summed E-state index contributed by atoms with van der Waals surface area (Å²) in [7, 11) is 0. The Balaban J connectivity index is 1.58. The molecule has 1 aliphatic heterocycles. The quantitative estimate of drug-likeness (QED) is 0.348. The molecule has 1 aromatic heterocycles. The zero-order valence-electron chi connectivity index (χ0n) is 19.7. The van der Waals surface area contributed by atoms with Gasteiger partial charge in [0.15, 0.2) is 11.1 Å². The van der Waals surface area contributed by atoms with Crippen molar-refractivity contribution >= 4 is 28.3 Å². The van der Waals surface area contributed by atoms with E-state index in [1.54, 1.807) is 12.3 Å². The van der Waals surface area contributed by atoms with E-state index in [4.69, 9.17) is 0 Å². The topological polar surface area (TPSA) is 85.8 Å². The van der Waals surface area contributed by atoms with Crippen LogP contribution >= 0.6 is 11.3 Å². The molecule has 1 saturated heterocycles. The Morgan fingerprint density at radius 3 is 2.88 bits per heavy atom. The largest absolute Gasteiger partial charge is 0.341 e. The second-order valence-corrected chi connectivity index (χ2v) is 10.4. The van der Waals surface area contributed by atoms with Crippen molar-refractivity contribution < 1.29 is 13.6 Å². The zero-order valence-corrected chi connectivity index (χ0v) is 21.3. The summed E-state index contributed by atoms with van der Waals surface area (Å²) in [5.74, 6) is 0.254. The van der Waals surface area contributed by atoms with E-state index < -0.39 is 11.1 Å². The molecule has 2 heterocycles. The summed E-state index contributed by atoms with van der Waals surface area (Å²) in [5, 5.41) is 6.04. The number of benzene rings is 1. The van der Waals surface area contributed by atoms with Gasteiger partial charge in [0.25, 0.3) is 0 Å². The van der Waals surface area contributed by atoms with Gasteiger partial charge in [0.1, 0.15) is 5.01 Å². The van der Waals surface area contributed by atoms with Gasteiger partial charge in [-0.05, 0) is 57.3 Å². The smallest absolute Gasteiger partial charge is 0.223 e. The van der Waals surface area contributed by atoms with Crippen LogP contribution in [0.3, 0.4) is 0 Å². The van der Waals surface area contributed by atoms with Gasteiger partial charge in [-0.3, -0.25) is 4.79 Å². The van der Waals surface area contributed by atoms with Crippen LogP contribution in [0.4, 0.5) is 0 Å². The number of amides is 1. The molecule has 33 heavy (non-hydrogen) atoms. The minimum Gasteiger partial charge on any atom is -0.341 e. The van der Waals surface area contributed by atoms with Crippen molar-refractivity contribution in [1.82, 2.24) is 20.1 Å². The average Bonchev–Trinajstić information content (AvgIpc) is 3.26. The van der Waals surface area contributed by atoms with Gasteiger partial charge in [0.05, 0.1) is 4.90 Å². The van der Waals surface area contributed by atoms with E-state index in [1.807, 2.05) is 22.4 Å². The predicted molar refractivity (Wildman–Crippen MR) is 135 cm³/mol. The van der Waals surface area contributed by atoms with Crippen molar-refractivity contribution in [3.8, 4) is 10.6 Å². The normalized spacial score (nSPS) is 16.7. The molecule has 0 aliphatic carbocycles. The Hall–Kier alpha value is -1.65. The van der Waals surface area contributed by atoms with Crippen molar-refractivity contribution in [2.45, 2.75) is 56.9 Å². The Bertz CT molecular complexity index is 907. The minimum absolute atomic E-state index is 0.252. The van der Waals surface area contributed by atoms with Gasteiger partial charge in [-0.25, -0.2) is 9.19 Å². The van der Waals surface area contributed by atoms with Crippen molar-refractivity contribution in [2.24, 2.45) is 0 Å². The summed E-state index contributed by atoms with van der Waals surface area (Å²) in [6.45, 7) is 9.60. The van der Waals surface area contributed by atoms with Crippen LogP contribution in [0.15, 0.2) is 34.7 Å². The number of carbonyl (C=O) groups is 1. The maximum absolute atomic E-state index is 12.2. The molecular formula is C24H36N4O3S2. The number of hydrogen-bond acceptors (Lipinski definition) is 6. The van der Waals surface area contributed by atoms with Gasteiger partial charge in [0, 0.05) is 55.8 Å². The molecule has 2 atom stereocenters. The summed E-state index contributed by atoms with van der Waals surface area (Å²) in [5.41, 5.74) is 1.79. The Labute approximate surface area is 203 Å². The van der Waals surface area contributed by atoms with Crippen molar-refractivity contribution in [2.75, 3.05) is 39.3 Å². The number of hydrogen-bond donors (Lipinski definition) is 2. The summed E-state index contributed by atoms with van der Waals surface area (Å²) in [4.78, 5) is 21.4. The molecule has 0 radical (unpaired) electrons. The second-order valence-electron chi connectivity index (χ2n) is 8.59. The van der Waals surface area contributed by atoms with Crippen molar-refractivity contribution in [3.63, 3.8) is 0 Å². The lowest BCUT2D eigenvalue weighted by Gasteiger charge is -2.30. The zero-order chi connectivity index (χ0) is 23.6. The molecule has 1 aliphatic rings. The first-order chi connectivity index (χ1) is 16.0. The van der Waals surface area contributed by atoms with Crippen LogP contribution in [-0.2, 0) is 22.3 Å². The fourth-order valence-corrected chi connectivity index (χ4v) is 5.58. The molecule has 2 aromatic rings. The average molecular weight is 493 g/mol. The van der Waals surface area contributed by atoms with E-state index in [9.17, 15) is 13.6 Å². The molecule has 3 rings (SSSR count). The van der Waals surface area contributed by atoms with E-state index in [-0.39, 0.29) is 11.9 Å². The van der Waals surface area contributed by atoms with Crippen LogP contribution in [0, 0.1) is 0 Å². The highest BCUT2D eigenvalue weighted by atomic mass is 32.2. The first kappa shape index (κ1) is 26.0. The third-order valence-electron chi connectivity index (χ3n) is 6.13. The van der Waals surface area contributed by atoms with Gasteiger partial charge in [-0.2, -0.15) is 0 Å². The summed E-state index contributed by atoms with van der Waals surface area (Å²) in [6, 6.07) is 6.02. The van der Waals surface area contributed by atoms with Crippen LogP contribution in [0.25, 0.3) is 10.6 Å². The van der Waals surface area contributed by atoms with Gasteiger partial charge < -0.3 is 19.7 Å². The molecule has 2 N–H and O–H groups in total. The van der Waals surface area contributed by atoms with E-state index in [0.717, 1.165) is 81.1 Å². The van der Waals surface area contributed by atoms with Crippen LogP contribution in [0.5, 0.6) is 0 Å². The van der Waals surface area contributed by atoms with Gasteiger partial charge in [0.2, 0.25) is 5.91 Å². The van der Waals surface area contributed by atoms with Crippen LogP contribution < -0.4 is 5.32 Å². The highest BCUT2D eigenvalue weighted by Crippen LogP contribution is 2.27. The van der Waals surface area contributed by atoms with Crippen LogP contribution in [0.2, 0.25) is 0 Å².